The molecule has 0 fully saturated rings. The first-order chi connectivity index (χ1) is 3.81. The monoisotopic (exact) mass is 178 g/mol. The van der Waals surface area contributed by atoms with Crippen LogP contribution in [0.4, 0.5) is 0 Å². The van der Waals surface area contributed by atoms with Crippen LogP contribution in [0.5, 0.6) is 0 Å². The third-order valence-corrected chi connectivity index (χ3v) is 0.480. The van der Waals surface area contributed by atoms with Gasteiger partial charge in [-0.2, -0.15) is 0 Å². The van der Waals surface area contributed by atoms with Crippen LogP contribution in [0.2, 0.25) is 0 Å². The zero-order chi connectivity index (χ0) is 6.41. The van der Waals surface area contributed by atoms with Crippen LogP contribution in [0.1, 0.15) is 9.78 Å². The topological polar surface area (TPSA) is 117 Å². The summed E-state index contributed by atoms with van der Waals surface area (Å²) in [5, 5.41) is 14.0. The quantitative estimate of drug-likeness (QED) is 0.244. The fraction of sp³-hybridized carbons (Fsp3) is 0.500. The Morgan fingerprint density at radius 3 is 2.27 bits per heavy atom. The summed E-state index contributed by atoms with van der Waals surface area (Å²) in [5.41, 5.74) is 0.523. The van der Waals surface area contributed by atoms with Crippen LogP contribution in [0.25, 0.3) is 0 Å². The molecule has 0 radical (unpaired) electrons. The third-order valence-electron chi connectivity index (χ3n) is 0.480. The van der Waals surface area contributed by atoms with Gasteiger partial charge < -0.3 is 23.9 Å². The van der Waals surface area contributed by atoms with Gasteiger partial charge in [-0.1, -0.05) is 10.3 Å². The van der Waals surface area contributed by atoms with E-state index in [1.165, 1.54) is 13.3 Å². The molecular weight excluding hydrogens is 164 g/mol. The van der Waals surface area contributed by atoms with Crippen LogP contribution in [0.3, 0.4) is 0 Å². The van der Waals surface area contributed by atoms with E-state index < -0.39 is 0 Å². The van der Waals surface area contributed by atoms with Gasteiger partial charge in [0.15, 0.2) is 0 Å². The molecule has 0 spiro atoms. The van der Waals surface area contributed by atoms with Crippen molar-refractivity contribution in [3.8, 4) is 0 Å². The number of hydrogen-bond donors (Lipinski definition) is 1. The molecule has 66 valence electrons. The summed E-state index contributed by atoms with van der Waals surface area (Å²) < 4.78 is 0. The van der Waals surface area contributed by atoms with Gasteiger partial charge in [-0.05, 0) is 6.92 Å². The standard InChI is InChI=1S/C4H8N2O2.Mg.2H2O.2H/c1-4(3-5-7)6-8-2;;;;;/h3,7H,1-2H3;;2*1H2;;/q;+2;;;2*-1. The van der Waals surface area contributed by atoms with Gasteiger partial charge in [0.2, 0.25) is 0 Å². The molecule has 0 unspecified atom stereocenters. The van der Waals surface area contributed by atoms with Crippen molar-refractivity contribution in [2.45, 2.75) is 6.92 Å². The van der Waals surface area contributed by atoms with Crippen LogP contribution < -0.4 is 0 Å². The maximum Gasteiger partial charge on any atom is 2.00 e. The van der Waals surface area contributed by atoms with E-state index >= 15 is 0 Å². The number of nitrogens with zero attached hydrogens (tertiary/aromatic N) is 2. The summed E-state index contributed by atoms with van der Waals surface area (Å²) in [6.07, 6.45) is 1.18. The van der Waals surface area contributed by atoms with Crippen LogP contribution in [-0.4, -0.2) is 58.2 Å². The molecule has 0 aromatic heterocycles. The Kier molecular flexibility index (Phi) is 33.3. The van der Waals surface area contributed by atoms with Crippen molar-refractivity contribution in [3.05, 3.63) is 0 Å². The van der Waals surface area contributed by atoms with Gasteiger partial charge in [0.25, 0.3) is 0 Å². The average Bonchev–Trinajstić information content (AvgIpc) is 1.68. The summed E-state index contributed by atoms with van der Waals surface area (Å²) in [4.78, 5) is 4.34. The summed E-state index contributed by atoms with van der Waals surface area (Å²) in [5.74, 6) is 0. The van der Waals surface area contributed by atoms with E-state index in [9.17, 15) is 0 Å². The Morgan fingerprint density at radius 2 is 2.00 bits per heavy atom. The van der Waals surface area contributed by atoms with Crippen molar-refractivity contribution in [2.75, 3.05) is 7.11 Å². The molecule has 5 N–H and O–H groups in total. The van der Waals surface area contributed by atoms with E-state index in [1.807, 2.05) is 0 Å². The molecule has 0 saturated heterocycles. The zero-order valence-electron chi connectivity index (χ0n) is 8.53. The number of oxime groups is 2. The third kappa shape index (κ3) is 17.7. The Morgan fingerprint density at radius 1 is 1.55 bits per heavy atom. The molecule has 0 aromatic rings. The molecule has 0 heterocycles. The smallest absolute Gasteiger partial charge is 1.00 e. The predicted molar refractivity (Wildman–Crippen MR) is 45.6 cm³/mol. The SMILES string of the molecule is CON=C(C)C=NO.O.O.[H-].[H-].[Mg+2]. The fourth-order valence-corrected chi connectivity index (χ4v) is 0.251. The van der Waals surface area contributed by atoms with Crippen LogP contribution in [-0.2, 0) is 4.84 Å². The summed E-state index contributed by atoms with van der Waals surface area (Å²) >= 11 is 0. The van der Waals surface area contributed by atoms with Gasteiger partial charge in [0.1, 0.15) is 7.11 Å². The maximum atomic E-state index is 7.90. The molecule has 0 aromatic carbocycles. The van der Waals surface area contributed by atoms with Crippen molar-refractivity contribution in [3.63, 3.8) is 0 Å². The second-order valence-corrected chi connectivity index (χ2v) is 1.16. The minimum Gasteiger partial charge on any atom is -1.00 e. The summed E-state index contributed by atoms with van der Waals surface area (Å²) in [7, 11) is 1.43. The van der Waals surface area contributed by atoms with Gasteiger partial charge in [-0.3, -0.25) is 0 Å². The Bertz CT molecular complexity index is 125. The van der Waals surface area contributed by atoms with Crippen molar-refractivity contribution < 1.29 is 23.9 Å². The molecule has 0 amide bonds. The van der Waals surface area contributed by atoms with E-state index in [2.05, 4.69) is 15.1 Å². The Hall–Kier alpha value is -0.374. The van der Waals surface area contributed by atoms with Crippen LogP contribution >= 0.6 is 0 Å². The normalized spacial score (nSPS) is 9.09. The van der Waals surface area contributed by atoms with Gasteiger partial charge in [-0.25, -0.2) is 0 Å². The second-order valence-electron chi connectivity index (χ2n) is 1.16. The van der Waals surface area contributed by atoms with Crippen LogP contribution in [0.15, 0.2) is 10.3 Å². The second kappa shape index (κ2) is 16.3. The summed E-state index contributed by atoms with van der Waals surface area (Å²) in [6, 6.07) is 0. The molecule has 0 bridgehead atoms. The minimum absolute atomic E-state index is 0. The molecule has 0 aliphatic rings. The van der Waals surface area contributed by atoms with Gasteiger partial charge in [-0.15, -0.1) is 0 Å². The molecule has 6 nitrogen and oxygen atoms in total. The molecular formula is C4H14MgN2O4. The van der Waals surface area contributed by atoms with E-state index in [0.717, 1.165) is 0 Å². The predicted octanol–water partition coefficient (Wildman–Crippen LogP) is -1.34. The largest absolute Gasteiger partial charge is 2.00 e. The Balaban J connectivity index is -0.0000000245. The van der Waals surface area contributed by atoms with E-state index in [-0.39, 0.29) is 36.9 Å². The zero-order valence-corrected chi connectivity index (χ0v) is 7.95. The fourth-order valence-electron chi connectivity index (χ4n) is 0.251. The number of rotatable bonds is 2. The van der Waals surface area contributed by atoms with Gasteiger partial charge in [0, 0.05) is 0 Å². The molecule has 7 heteroatoms. The molecule has 0 rings (SSSR count). The first-order valence-electron chi connectivity index (χ1n) is 2.06. The maximum absolute atomic E-state index is 7.90. The molecule has 0 aliphatic carbocycles. The van der Waals surface area contributed by atoms with Crippen molar-refractivity contribution in [2.24, 2.45) is 10.3 Å². The minimum atomic E-state index is 0. The molecule has 0 aliphatic heterocycles. The van der Waals surface area contributed by atoms with Crippen molar-refractivity contribution in [1.82, 2.24) is 0 Å². The van der Waals surface area contributed by atoms with Gasteiger partial charge in [0.05, 0.1) is 11.9 Å². The van der Waals surface area contributed by atoms with E-state index in [0.29, 0.717) is 5.71 Å². The van der Waals surface area contributed by atoms with Gasteiger partial charge >= 0.3 is 23.1 Å². The van der Waals surface area contributed by atoms with Crippen molar-refractivity contribution in [1.29, 1.82) is 0 Å². The summed E-state index contributed by atoms with van der Waals surface area (Å²) in [6.45, 7) is 1.66. The first-order valence-corrected chi connectivity index (χ1v) is 2.06. The van der Waals surface area contributed by atoms with Crippen LogP contribution in [0, 0.1) is 0 Å². The first kappa shape index (κ1) is 22.4. The van der Waals surface area contributed by atoms with E-state index in [1.54, 1.807) is 6.92 Å². The van der Waals surface area contributed by atoms with E-state index in [4.69, 9.17) is 5.21 Å². The molecule has 11 heavy (non-hydrogen) atoms. The molecule has 0 atom stereocenters. The number of hydrogen-bond acceptors (Lipinski definition) is 4. The van der Waals surface area contributed by atoms with Crippen molar-refractivity contribution >= 4 is 35.0 Å². The average molecular weight is 178 g/mol. The molecule has 0 saturated carbocycles. The Labute approximate surface area is 83.6 Å².